The normalized spacial score (nSPS) is 20.9. The van der Waals surface area contributed by atoms with Gasteiger partial charge < -0.3 is 9.84 Å². The van der Waals surface area contributed by atoms with E-state index in [2.05, 4.69) is 0 Å². The topological polar surface area (TPSA) is 63.6 Å². The maximum Gasteiger partial charge on any atom is 0.318 e. The van der Waals surface area contributed by atoms with Crippen LogP contribution in [0.3, 0.4) is 0 Å². The van der Waals surface area contributed by atoms with Crippen molar-refractivity contribution in [1.82, 2.24) is 0 Å². The Balaban J connectivity index is 2.00. The van der Waals surface area contributed by atoms with Crippen molar-refractivity contribution in [2.75, 3.05) is 5.75 Å². The molecule has 6 heteroatoms. The Hall–Kier alpha value is -1.43. The number of benzene rings is 1. The summed E-state index contributed by atoms with van der Waals surface area (Å²) in [6.07, 6.45) is 0.120. The third kappa shape index (κ3) is 2.69. The van der Waals surface area contributed by atoms with Gasteiger partial charge in [0, 0.05) is 22.8 Å². The van der Waals surface area contributed by atoms with Crippen LogP contribution in [-0.2, 0) is 22.0 Å². The largest absolute Gasteiger partial charge is 0.489 e. The number of hydrogen-bond acceptors (Lipinski definition) is 3. The number of ether oxygens (including phenoxy) is 1. The van der Waals surface area contributed by atoms with E-state index >= 15 is 0 Å². The van der Waals surface area contributed by atoms with Crippen molar-refractivity contribution in [3.05, 3.63) is 29.6 Å². The summed E-state index contributed by atoms with van der Waals surface area (Å²) in [6, 6.07) is 4.23. The van der Waals surface area contributed by atoms with Gasteiger partial charge in [0.15, 0.2) is 0 Å². The van der Waals surface area contributed by atoms with Gasteiger partial charge in [-0.2, -0.15) is 0 Å². The molecule has 1 heterocycles. The lowest BCUT2D eigenvalue weighted by Crippen LogP contribution is -2.30. The highest BCUT2D eigenvalue weighted by atomic mass is 32.2. The first-order valence-electron chi connectivity index (χ1n) is 5.52. The van der Waals surface area contributed by atoms with Gasteiger partial charge in [-0.1, -0.05) is 0 Å². The molecule has 3 unspecified atom stereocenters. The van der Waals surface area contributed by atoms with Gasteiger partial charge in [-0.05, 0) is 25.1 Å². The van der Waals surface area contributed by atoms with E-state index in [1.807, 2.05) is 0 Å². The second-order valence-electron chi connectivity index (χ2n) is 4.22. The highest BCUT2D eigenvalue weighted by Gasteiger charge is 2.28. The maximum absolute atomic E-state index is 13.0. The zero-order valence-corrected chi connectivity index (χ0v) is 10.6. The van der Waals surface area contributed by atoms with Crippen LogP contribution in [0.25, 0.3) is 0 Å². The highest BCUT2D eigenvalue weighted by molar-refractivity contribution is 7.86. The lowest BCUT2D eigenvalue weighted by atomic mass is 10.1. The molecule has 2 rings (SSSR count). The minimum atomic E-state index is -1.50. The summed E-state index contributed by atoms with van der Waals surface area (Å²) in [5, 5.41) is 7.83. The molecule has 0 saturated carbocycles. The first-order chi connectivity index (χ1) is 8.47. The molecular formula is C12H13FO4S. The first kappa shape index (κ1) is 13.0. The number of rotatable bonds is 4. The average Bonchev–Trinajstić information content (AvgIpc) is 2.68. The Morgan fingerprint density at radius 1 is 1.67 bits per heavy atom. The van der Waals surface area contributed by atoms with Gasteiger partial charge in [0.25, 0.3) is 0 Å². The van der Waals surface area contributed by atoms with Crippen LogP contribution in [0.1, 0.15) is 12.5 Å². The molecule has 0 bridgehead atoms. The van der Waals surface area contributed by atoms with Crippen molar-refractivity contribution in [1.29, 1.82) is 0 Å². The Bertz CT molecular complexity index is 503. The number of fused-ring (bicyclic) bond motifs is 1. The first-order valence-corrected chi connectivity index (χ1v) is 6.90. The molecule has 0 fully saturated rings. The molecule has 0 aromatic heterocycles. The highest BCUT2D eigenvalue weighted by Crippen LogP contribution is 2.29. The smallest absolute Gasteiger partial charge is 0.318 e. The molecule has 0 radical (unpaired) electrons. The monoisotopic (exact) mass is 272 g/mol. The molecule has 1 aromatic rings. The van der Waals surface area contributed by atoms with Gasteiger partial charge in [-0.3, -0.25) is 9.00 Å². The summed E-state index contributed by atoms with van der Waals surface area (Å²) in [7, 11) is -1.50. The van der Waals surface area contributed by atoms with E-state index in [9.17, 15) is 13.4 Å². The fraction of sp³-hybridized carbons (Fsp3) is 0.417. The summed E-state index contributed by atoms with van der Waals surface area (Å²) < 4.78 is 30.2. The van der Waals surface area contributed by atoms with Crippen LogP contribution in [0.4, 0.5) is 4.39 Å². The molecule has 98 valence electrons. The van der Waals surface area contributed by atoms with Crippen molar-refractivity contribution < 1.29 is 23.2 Å². The number of carbonyl (C=O) groups is 1. The lowest BCUT2D eigenvalue weighted by Gasteiger charge is -2.12. The summed E-state index contributed by atoms with van der Waals surface area (Å²) in [5.74, 6) is -0.696. The van der Waals surface area contributed by atoms with Crippen LogP contribution >= 0.6 is 0 Å². The van der Waals surface area contributed by atoms with Crippen LogP contribution in [0.15, 0.2) is 18.2 Å². The van der Waals surface area contributed by atoms with Crippen LogP contribution in [0.5, 0.6) is 5.75 Å². The molecular weight excluding hydrogens is 259 g/mol. The van der Waals surface area contributed by atoms with Crippen molar-refractivity contribution >= 4 is 16.8 Å². The second-order valence-corrected chi connectivity index (χ2v) is 6.03. The number of hydrogen-bond donors (Lipinski definition) is 1. The number of carboxylic acid groups (broad SMARTS) is 1. The van der Waals surface area contributed by atoms with E-state index in [-0.39, 0.29) is 17.7 Å². The molecule has 1 aliphatic rings. The van der Waals surface area contributed by atoms with E-state index in [4.69, 9.17) is 9.84 Å². The maximum atomic E-state index is 13.0. The summed E-state index contributed by atoms with van der Waals surface area (Å²) >= 11 is 0. The van der Waals surface area contributed by atoms with Gasteiger partial charge in [0.1, 0.15) is 22.9 Å². The van der Waals surface area contributed by atoms with Crippen molar-refractivity contribution in [2.24, 2.45) is 0 Å². The van der Waals surface area contributed by atoms with E-state index < -0.39 is 22.0 Å². The fourth-order valence-electron chi connectivity index (χ4n) is 1.82. The fourth-order valence-corrected chi connectivity index (χ4v) is 2.89. The predicted octanol–water partition coefficient (Wildman–Crippen LogP) is 1.35. The van der Waals surface area contributed by atoms with Gasteiger partial charge in [-0.15, -0.1) is 0 Å². The summed E-state index contributed by atoms with van der Waals surface area (Å²) in [4.78, 5) is 10.7. The second kappa shape index (κ2) is 5.06. The Labute approximate surface area is 106 Å². The molecule has 3 atom stereocenters. The minimum Gasteiger partial charge on any atom is -0.489 e. The lowest BCUT2D eigenvalue weighted by molar-refractivity contribution is -0.136. The predicted molar refractivity (Wildman–Crippen MR) is 64.6 cm³/mol. The summed E-state index contributed by atoms with van der Waals surface area (Å²) in [5.41, 5.74) is 0.736. The van der Waals surface area contributed by atoms with Crippen molar-refractivity contribution in [3.63, 3.8) is 0 Å². The Morgan fingerprint density at radius 3 is 3.06 bits per heavy atom. The molecule has 4 nitrogen and oxygen atoms in total. The third-order valence-corrected chi connectivity index (χ3v) is 4.55. The average molecular weight is 272 g/mol. The molecule has 1 aliphatic heterocycles. The molecule has 0 saturated heterocycles. The van der Waals surface area contributed by atoms with E-state index in [0.29, 0.717) is 12.2 Å². The summed E-state index contributed by atoms with van der Waals surface area (Å²) in [6.45, 7) is 1.40. The van der Waals surface area contributed by atoms with E-state index in [1.165, 1.54) is 25.1 Å². The zero-order valence-electron chi connectivity index (χ0n) is 9.76. The third-order valence-electron chi connectivity index (χ3n) is 2.86. The Morgan fingerprint density at radius 2 is 2.39 bits per heavy atom. The van der Waals surface area contributed by atoms with Crippen LogP contribution in [-0.4, -0.2) is 32.4 Å². The standard InChI is InChI=1S/C12H13FO4S/c1-7(12(14)15)18(16)6-10-5-8-4-9(13)2-3-11(8)17-10/h2-4,7,10H,5-6H2,1H3,(H,14,15). The number of halogens is 1. The van der Waals surface area contributed by atoms with Gasteiger partial charge in [0.2, 0.25) is 0 Å². The number of carboxylic acids is 1. The van der Waals surface area contributed by atoms with Gasteiger partial charge >= 0.3 is 5.97 Å². The van der Waals surface area contributed by atoms with Crippen LogP contribution in [0, 0.1) is 5.82 Å². The van der Waals surface area contributed by atoms with E-state index in [1.54, 1.807) is 0 Å². The van der Waals surface area contributed by atoms with Crippen molar-refractivity contribution in [3.8, 4) is 5.75 Å². The zero-order chi connectivity index (χ0) is 13.3. The molecule has 1 aromatic carbocycles. The molecule has 18 heavy (non-hydrogen) atoms. The quantitative estimate of drug-likeness (QED) is 0.898. The Kier molecular flexibility index (Phi) is 3.65. The van der Waals surface area contributed by atoms with Gasteiger partial charge in [0.05, 0.1) is 5.75 Å². The molecule has 0 aliphatic carbocycles. The minimum absolute atomic E-state index is 0.143. The van der Waals surface area contributed by atoms with E-state index in [0.717, 1.165) is 5.56 Å². The molecule has 0 amide bonds. The van der Waals surface area contributed by atoms with Crippen LogP contribution < -0.4 is 4.74 Å². The van der Waals surface area contributed by atoms with Crippen molar-refractivity contribution in [2.45, 2.75) is 24.7 Å². The number of aliphatic carboxylic acids is 1. The van der Waals surface area contributed by atoms with Crippen LogP contribution in [0.2, 0.25) is 0 Å². The molecule has 0 spiro atoms. The SMILES string of the molecule is CC(C(=O)O)S(=O)CC1Cc2cc(F)ccc2O1. The molecule has 1 N–H and O–H groups in total. The van der Waals surface area contributed by atoms with Gasteiger partial charge in [-0.25, -0.2) is 4.39 Å².